The zero-order valence-corrected chi connectivity index (χ0v) is 25.2. The second kappa shape index (κ2) is 11.4. The number of ether oxygens (including phenoxy) is 1. The fraction of sp³-hybridized carbons (Fsp3) is 0.457. The third-order valence-corrected chi connectivity index (χ3v) is 9.57. The van der Waals surface area contributed by atoms with E-state index in [4.69, 9.17) is 4.74 Å². The predicted molar refractivity (Wildman–Crippen MR) is 164 cm³/mol. The molecule has 0 radical (unpaired) electrons. The topological polar surface area (TPSA) is 90.4 Å². The summed E-state index contributed by atoms with van der Waals surface area (Å²) in [4.78, 5) is 48.9. The Labute approximate surface area is 253 Å². The molecule has 4 aliphatic heterocycles. The van der Waals surface area contributed by atoms with Gasteiger partial charge in [-0.15, -0.1) is 0 Å². The van der Waals surface area contributed by atoms with Gasteiger partial charge in [0.05, 0.1) is 17.4 Å². The number of aliphatic hydroxyl groups excluding tert-OH is 1. The third kappa shape index (κ3) is 4.90. The van der Waals surface area contributed by atoms with Crippen LogP contribution in [0.1, 0.15) is 42.9 Å². The van der Waals surface area contributed by atoms with Gasteiger partial charge in [0, 0.05) is 38.5 Å². The van der Waals surface area contributed by atoms with Crippen molar-refractivity contribution in [2.75, 3.05) is 31.1 Å². The molecule has 6 rings (SSSR count). The number of unbranched alkanes of at least 4 members (excludes halogenated alkanes) is 2. The quantitative estimate of drug-likeness (QED) is 0.376. The molecule has 4 heterocycles. The van der Waals surface area contributed by atoms with Crippen LogP contribution in [0, 0.1) is 25.7 Å². The number of likely N-dealkylation sites (tertiary alicyclic amines) is 1. The van der Waals surface area contributed by atoms with Crippen molar-refractivity contribution in [1.82, 2.24) is 9.80 Å². The van der Waals surface area contributed by atoms with Crippen molar-refractivity contribution < 1.29 is 24.2 Å². The van der Waals surface area contributed by atoms with Gasteiger partial charge in [0.15, 0.2) is 0 Å². The summed E-state index contributed by atoms with van der Waals surface area (Å²) in [6, 6.07) is 15.0. The summed E-state index contributed by atoms with van der Waals surface area (Å²) in [7, 11) is 0. The Hall–Kier alpha value is -3.75. The van der Waals surface area contributed by atoms with E-state index in [0.717, 1.165) is 28.8 Å². The molecule has 43 heavy (non-hydrogen) atoms. The monoisotopic (exact) mass is 583 g/mol. The first kappa shape index (κ1) is 29.3. The molecule has 2 saturated heterocycles. The largest absolute Gasteiger partial charge is 0.396 e. The van der Waals surface area contributed by atoms with E-state index in [2.05, 4.69) is 0 Å². The molecule has 0 bridgehead atoms. The highest BCUT2D eigenvalue weighted by molar-refractivity contribution is 6.06. The molecule has 3 amide bonds. The number of benzene rings is 2. The van der Waals surface area contributed by atoms with Gasteiger partial charge in [0.25, 0.3) is 5.91 Å². The van der Waals surface area contributed by atoms with Crippen molar-refractivity contribution in [1.29, 1.82) is 0 Å². The van der Waals surface area contributed by atoms with Crippen molar-refractivity contribution in [2.45, 2.75) is 63.8 Å². The number of aliphatic hydroxyl groups is 1. The van der Waals surface area contributed by atoms with Gasteiger partial charge in [-0.3, -0.25) is 14.4 Å². The van der Waals surface area contributed by atoms with E-state index in [1.54, 1.807) is 14.7 Å². The van der Waals surface area contributed by atoms with E-state index in [1.807, 2.05) is 93.6 Å². The molecule has 5 atom stereocenters. The van der Waals surface area contributed by atoms with Crippen LogP contribution in [0.2, 0.25) is 0 Å². The SMILES string of the molecule is Cc1ccc(C)c(N2CC=C[C@]34O[C@@]5(C)C=CCN(Cc6ccccc6)C(=O)[C@H]5[C@H]3C(=O)N(CCCCCO)C4C2=O)c1. The molecule has 0 aromatic heterocycles. The minimum Gasteiger partial charge on any atom is -0.396 e. The Kier molecular flexibility index (Phi) is 7.77. The standard InChI is InChI=1S/C35H41N3O5/c1-24-14-15-25(2)27(22-24)37-20-11-17-35-29(32(41)38(30(35)33(37)42)19-8-5-9-21-39)28-31(40)36(18-10-16-34(28,3)43-35)23-26-12-6-4-7-13-26/h4,6-7,10-17,22,28-30,39H,5,8-9,18-21,23H2,1-3H3/t28-,29+,30?,34+,35+/m1/s1. The lowest BCUT2D eigenvalue weighted by Crippen LogP contribution is -2.56. The van der Waals surface area contributed by atoms with E-state index in [0.29, 0.717) is 39.0 Å². The number of fused-ring (bicyclic) bond motifs is 2. The average molecular weight is 584 g/mol. The van der Waals surface area contributed by atoms with Crippen molar-refractivity contribution >= 4 is 23.4 Å². The van der Waals surface area contributed by atoms with Gasteiger partial charge in [-0.25, -0.2) is 0 Å². The zero-order chi connectivity index (χ0) is 30.4. The summed E-state index contributed by atoms with van der Waals surface area (Å²) in [5, 5.41) is 9.34. The molecule has 4 aliphatic rings. The maximum Gasteiger partial charge on any atom is 0.253 e. The minimum absolute atomic E-state index is 0.0770. The molecule has 0 saturated carbocycles. The van der Waals surface area contributed by atoms with Gasteiger partial charge in [-0.05, 0) is 62.8 Å². The van der Waals surface area contributed by atoms with Gasteiger partial charge < -0.3 is 24.5 Å². The number of rotatable bonds is 8. The molecule has 0 aliphatic carbocycles. The van der Waals surface area contributed by atoms with Gasteiger partial charge in [-0.2, -0.15) is 0 Å². The van der Waals surface area contributed by atoms with E-state index >= 15 is 0 Å². The van der Waals surface area contributed by atoms with Crippen LogP contribution in [0.4, 0.5) is 5.69 Å². The van der Waals surface area contributed by atoms with Crippen LogP contribution in [0.5, 0.6) is 0 Å². The molecule has 1 spiro atoms. The van der Waals surface area contributed by atoms with Gasteiger partial charge in [0.2, 0.25) is 11.8 Å². The first-order chi connectivity index (χ1) is 20.7. The number of amides is 3. The lowest BCUT2D eigenvalue weighted by atomic mass is 9.74. The van der Waals surface area contributed by atoms with Crippen LogP contribution in [0.25, 0.3) is 0 Å². The van der Waals surface area contributed by atoms with E-state index < -0.39 is 29.1 Å². The second-order valence-electron chi connectivity index (χ2n) is 12.6. The van der Waals surface area contributed by atoms with Gasteiger partial charge >= 0.3 is 0 Å². The number of hydrogen-bond acceptors (Lipinski definition) is 5. The normalized spacial score (nSPS) is 29.9. The molecule has 8 nitrogen and oxygen atoms in total. The van der Waals surface area contributed by atoms with Crippen LogP contribution in [-0.4, -0.2) is 76.1 Å². The number of anilines is 1. The second-order valence-corrected chi connectivity index (χ2v) is 12.6. The van der Waals surface area contributed by atoms with Gasteiger partial charge in [-0.1, -0.05) is 66.8 Å². The van der Waals surface area contributed by atoms with Crippen LogP contribution < -0.4 is 4.90 Å². The number of carbonyl (C=O) groups excluding carboxylic acids is 3. The Morgan fingerprint density at radius 3 is 2.42 bits per heavy atom. The Morgan fingerprint density at radius 1 is 0.884 bits per heavy atom. The number of carbonyl (C=O) groups is 3. The summed E-state index contributed by atoms with van der Waals surface area (Å²) in [5.74, 6) is -2.17. The summed E-state index contributed by atoms with van der Waals surface area (Å²) in [6.07, 6.45) is 9.70. The van der Waals surface area contributed by atoms with Crippen molar-refractivity contribution in [3.05, 3.63) is 89.5 Å². The van der Waals surface area contributed by atoms with E-state index in [9.17, 15) is 19.5 Å². The third-order valence-electron chi connectivity index (χ3n) is 9.57. The predicted octanol–water partition coefficient (Wildman–Crippen LogP) is 3.94. The fourth-order valence-corrected chi connectivity index (χ4v) is 7.55. The lowest BCUT2D eigenvalue weighted by Gasteiger charge is -2.37. The maximum absolute atomic E-state index is 14.7. The van der Waals surface area contributed by atoms with E-state index in [-0.39, 0.29) is 24.3 Å². The summed E-state index contributed by atoms with van der Waals surface area (Å²) < 4.78 is 6.96. The molecule has 226 valence electrons. The molecule has 8 heteroatoms. The first-order valence-electron chi connectivity index (χ1n) is 15.4. The van der Waals surface area contributed by atoms with Crippen molar-refractivity contribution in [3.63, 3.8) is 0 Å². The molecule has 2 fully saturated rings. The lowest BCUT2D eigenvalue weighted by molar-refractivity contribution is -0.148. The van der Waals surface area contributed by atoms with Crippen molar-refractivity contribution in [2.24, 2.45) is 11.8 Å². The number of nitrogens with zero attached hydrogens (tertiary/aromatic N) is 3. The Morgan fingerprint density at radius 2 is 1.65 bits per heavy atom. The zero-order valence-electron chi connectivity index (χ0n) is 25.2. The smallest absolute Gasteiger partial charge is 0.253 e. The minimum atomic E-state index is -1.28. The molecule has 2 aromatic carbocycles. The maximum atomic E-state index is 14.7. The Balaban J connectivity index is 1.42. The average Bonchev–Trinajstić information content (AvgIpc) is 3.26. The van der Waals surface area contributed by atoms with Crippen LogP contribution in [0.3, 0.4) is 0 Å². The van der Waals surface area contributed by atoms with Crippen LogP contribution >= 0.6 is 0 Å². The fourth-order valence-electron chi connectivity index (χ4n) is 7.55. The van der Waals surface area contributed by atoms with E-state index in [1.165, 1.54) is 0 Å². The van der Waals surface area contributed by atoms with Gasteiger partial charge in [0.1, 0.15) is 11.6 Å². The molecule has 1 unspecified atom stereocenters. The highest BCUT2D eigenvalue weighted by Crippen LogP contribution is 2.57. The highest BCUT2D eigenvalue weighted by Gasteiger charge is 2.74. The number of aryl methyl sites for hydroxylation is 2. The first-order valence-corrected chi connectivity index (χ1v) is 15.4. The molecular formula is C35H41N3O5. The Bertz CT molecular complexity index is 1470. The highest BCUT2D eigenvalue weighted by atomic mass is 16.5. The summed E-state index contributed by atoms with van der Waals surface area (Å²) >= 11 is 0. The summed E-state index contributed by atoms with van der Waals surface area (Å²) in [6.45, 7) is 7.48. The molecular weight excluding hydrogens is 542 g/mol. The van der Waals surface area contributed by atoms with Crippen LogP contribution in [-0.2, 0) is 25.7 Å². The van der Waals surface area contributed by atoms with Crippen LogP contribution in [0.15, 0.2) is 72.8 Å². The number of hydrogen-bond donors (Lipinski definition) is 1. The molecule has 2 aromatic rings. The van der Waals surface area contributed by atoms with Crippen molar-refractivity contribution in [3.8, 4) is 0 Å². The molecule has 1 N–H and O–H groups in total. The summed E-state index contributed by atoms with van der Waals surface area (Å²) in [5.41, 5.74) is 1.50.